The van der Waals surface area contributed by atoms with E-state index >= 15 is 0 Å². The predicted molar refractivity (Wildman–Crippen MR) is 76.2 cm³/mol. The van der Waals surface area contributed by atoms with Crippen LogP contribution in [0.15, 0.2) is 24.3 Å². The van der Waals surface area contributed by atoms with Crippen molar-refractivity contribution < 1.29 is 19.5 Å². The van der Waals surface area contributed by atoms with Crippen LogP contribution in [0, 0.1) is 0 Å². The third-order valence-electron chi connectivity index (χ3n) is 3.28. The molecule has 2 rings (SSSR count). The number of benzene rings is 1. The van der Waals surface area contributed by atoms with Gasteiger partial charge in [-0.15, -0.1) is 0 Å². The number of carbonyl (C=O) groups is 2. The number of rotatable bonds is 2. The summed E-state index contributed by atoms with van der Waals surface area (Å²) in [4.78, 5) is 24.7. The highest BCUT2D eigenvalue weighted by molar-refractivity contribution is 5.93. The van der Waals surface area contributed by atoms with Crippen LogP contribution in [-0.4, -0.2) is 40.8 Å². The molecule has 114 valence electrons. The lowest BCUT2D eigenvalue weighted by Crippen LogP contribution is -2.50. The van der Waals surface area contributed by atoms with E-state index in [0.29, 0.717) is 18.7 Å². The smallest absolute Gasteiger partial charge is 0.410 e. The van der Waals surface area contributed by atoms with E-state index < -0.39 is 11.5 Å². The van der Waals surface area contributed by atoms with Gasteiger partial charge in [-0.2, -0.15) is 0 Å². The van der Waals surface area contributed by atoms with Crippen LogP contribution in [-0.2, 0) is 4.74 Å². The molecule has 1 heterocycles. The third kappa shape index (κ3) is 3.72. The van der Waals surface area contributed by atoms with Crippen LogP contribution in [0.2, 0.25) is 0 Å². The molecule has 0 aromatic heterocycles. The van der Waals surface area contributed by atoms with Crippen LogP contribution in [0.4, 0.5) is 4.79 Å². The first kappa shape index (κ1) is 15.3. The Bertz CT molecular complexity index is 528. The van der Waals surface area contributed by atoms with Crippen molar-refractivity contribution in [3.63, 3.8) is 0 Å². The summed E-state index contributed by atoms with van der Waals surface area (Å²) in [5.74, 6) is -0.283. The van der Waals surface area contributed by atoms with Gasteiger partial charge >= 0.3 is 6.09 Å². The quantitative estimate of drug-likeness (QED) is 0.646. The van der Waals surface area contributed by atoms with Gasteiger partial charge in [-0.25, -0.2) is 10.3 Å². The van der Waals surface area contributed by atoms with Gasteiger partial charge in [0.15, 0.2) is 0 Å². The summed E-state index contributed by atoms with van der Waals surface area (Å²) in [6, 6.07) is 6.97. The maximum Gasteiger partial charge on any atom is 0.410 e. The van der Waals surface area contributed by atoms with E-state index in [1.807, 2.05) is 32.9 Å². The summed E-state index contributed by atoms with van der Waals surface area (Å²) in [6.07, 6.45) is -0.296. The second kappa shape index (κ2) is 5.73. The highest BCUT2D eigenvalue weighted by Gasteiger charge is 2.34. The summed E-state index contributed by atoms with van der Waals surface area (Å²) in [7, 11) is 0. The van der Waals surface area contributed by atoms with Gasteiger partial charge in [0.1, 0.15) is 5.60 Å². The molecule has 0 radical (unpaired) electrons. The number of nitrogens with zero attached hydrogens (tertiary/aromatic N) is 1. The first-order valence-electron chi connectivity index (χ1n) is 6.82. The number of carbonyl (C=O) groups excluding carboxylic acids is 2. The largest absolute Gasteiger partial charge is 0.444 e. The van der Waals surface area contributed by atoms with E-state index in [1.165, 1.54) is 0 Å². The molecule has 1 aliphatic rings. The van der Waals surface area contributed by atoms with Crippen LogP contribution in [0.3, 0.4) is 0 Å². The molecule has 2 amide bonds. The number of hydrogen-bond acceptors (Lipinski definition) is 4. The zero-order valence-corrected chi connectivity index (χ0v) is 12.4. The number of likely N-dealkylation sites (tertiary alicyclic amines) is 1. The van der Waals surface area contributed by atoms with Crippen LogP contribution in [0.25, 0.3) is 0 Å². The van der Waals surface area contributed by atoms with E-state index in [0.717, 1.165) is 5.56 Å². The maximum absolute atomic E-state index is 11.8. The van der Waals surface area contributed by atoms with Gasteiger partial charge < -0.3 is 9.64 Å². The average molecular weight is 292 g/mol. The summed E-state index contributed by atoms with van der Waals surface area (Å²) < 4.78 is 5.30. The second-order valence-corrected chi connectivity index (χ2v) is 6.15. The fourth-order valence-electron chi connectivity index (χ4n) is 2.14. The van der Waals surface area contributed by atoms with Crippen molar-refractivity contribution in [3.05, 3.63) is 35.4 Å². The lowest BCUT2D eigenvalue weighted by molar-refractivity contribution is 0.00819. The molecular weight excluding hydrogens is 272 g/mol. The summed E-state index contributed by atoms with van der Waals surface area (Å²) in [5.41, 5.74) is 2.56. The normalized spacial score (nSPS) is 15.3. The van der Waals surface area contributed by atoms with Crippen molar-refractivity contribution >= 4 is 12.0 Å². The molecular formula is C15H20N2O4. The van der Waals surface area contributed by atoms with Gasteiger partial charge in [0.25, 0.3) is 5.91 Å². The fraction of sp³-hybridized carbons (Fsp3) is 0.467. The molecule has 1 aliphatic heterocycles. The van der Waals surface area contributed by atoms with Crippen molar-refractivity contribution in [1.82, 2.24) is 10.4 Å². The number of hydroxylamine groups is 1. The third-order valence-corrected chi connectivity index (χ3v) is 3.28. The van der Waals surface area contributed by atoms with Crippen LogP contribution in [0.1, 0.15) is 42.6 Å². The summed E-state index contributed by atoms with van der Waals surface area (Å²) >= 11 is 0. The Hall–Kier alpha value is -2.08. The lowest BCUT2D eigenvalue weighted by Gasteiger charge is -2.40. The molecule has 0 bridgehead atoms. The van der Waals surface area contributed by atoms with E-state index in [-0.39, 0.29) is 12.0 Å². The zero-order chi connectivity index (χ0) is 15.6. The van der Waals surface area contributed by atoms with Crippen molar-refractivity contribution in [3.8, 4) is 0 Å². The predicted octanol–water partition coefficient (Wildman–Crippen LogP) is 2.14. The molecule has 1 aromatic rings. The maximum atomic E-state index is 11.8. The minimum Gasteiger partial charge on any atom is -0.444 e. The molecule has 6 nitrogen and oxygen atoms in total. The molecule has 0 atom stereocenters. The molecule has 0 saturated carbocycles. The molecule has 1 saturated heterocycles. The van der Waals surface area contributed by atoms with Gasteiger partial charge in [-0.05, 0) is 38.5 Å². The molecule has 0 spiro atoms. The fourth-order valence-corrected chi connectivity index (χ4v) is 2.14. The first-order valence-corrected chi connectivity index (χ1v) is 6.82. The molecule has 1 aromatic carbocycles. The Labute approximate surface area is 123 Å². The van der Waals surface area contributed by atoms with E-state index in [2.05, 4.69) is 0 Å². The van der Waals surface area contributed by atoms with E-state index in [1.54, 1.807) is 22.5 Å². The molecule has 6 heteroatoms. The van der Waals surface area contributed by atoms with Crippen molar-refractivity contribution in [2.75, 3.05) is 13.1 Å². The monoisotopic (exact) mass is 292 g/mol. The van der Waals surface area contributed by atoms with Crippen LogP contribution >= 0.6 is 0 Å². The number of ether oxygens (including phenoxy) is 1. The molecule has 1 fully saturated rings. The van der Waals surface area contributed by atoms with Crippen molar-refractivity contribution in [2.45, 2.75) is 32.3 Å². The first-order chi connectivity index (χ1) is 9.80. The van der Waals surface area contributed by atoms with E-state index in [9.17, 15) is 9.59 Å². The van der Waals surface area contributed by atoms with Gasteiger partial charge in [-0.1, -0.05) is 12.1 Å². The highest BCUT2D eigenvalue weighted by Crippen LogP contribution is 2.28. The minimum absolute atomic E-state index is 0.253. The second-order valence-electron chi connectivity index (χ2n) is 6.15. The summed E-state index contributed by atoms with van der Waals surface area (Å²) in [6.45, 7) is 6.74. The van der Waals surface area contributed by atoms with Gasteiger partial charge in [0.05, 0.1) is 0 Å². The molecule has 21 heavy (non-hydrogen) atoms. The highest BCUT2D eigenvalue weighted by atomic mass is 16.6. The van der Waals surface area contributed by atoms with Crippen LogP contribution in [0.5, 0.6) is 0 Å². The Balaban J connectivity index is 1.90. The van der Waals surface area contributed by atoms with Crippen molar-refractivity contribution in [1.29, 1.82) is 0 Å². The standard InChI is InChI=1S/C15H20N2O4/c1-15(2,3)21-14(19)17-8-12(9-17)10-4-6-11(7-5-10)13(18)16-20/h4-7,12,20H,8-9H2,1-3H3,(H,16,18). The van der Waals surface area contributed by atoms with Crippen LogP contribution < -0.4 is 5.48 Å². The zero-order valence-electron chi connectivity index (χ0n) is 12.4. The Morgan fingerprint density at radius 2 is 1.81 bits per heavy atom. The van der Waals surface area contributed by atoms with Gasteiger partial charge in [0.2, 0.25) is 0 Å². The van der Waals surface area contributed by atoms with Crippen molar-refractivity contribution in [2.24, 2.45) is 0 Å². The Morgan fingerprint density at radius 1 is 1.24 bits per heavy atom. The number of nitrogens with one attached hydrogen (secondary N) is 1. The molecule has 0 unspecified atom stereocenters. The topological polar surface area (TPSA) is 78.9 Å². The van der Waals surface area contributed by atoms with E-state index in [4.69, 9.17) is 9.94 Å². The molecule has 2 N–H and O–H groups in total. The SMILES string of the molecule is CC(C)(C)OC(=O)N1CC(c2ccc(C(=O)NO)cc2)C1. The minimum atomic E-state index is -0.537. The molecule has 0 aliphatic carbocycles. The van der Waals surface area contributed by atoms with Gasteiger partial charge in [0, 0.05) is 24.6 Å². The number of amides is 2. The van der Waals surface area contributed by atoms with Gasteiger partial charge in [-0.3, -0.25) is 10.0 Å². The Kier molecular flexibility index (Phi) is 4.18. The average Bonchev–Trinajstić information content (AvgIpc) is 2.34. The lowest BCUT2D eigenvalue weighted by atomic mass is 9.91. The Morgan fingerprint density at radius 3 is 2.29 bits per heavy atom. The number of hydrogen-bond donors (Lipinski definition) is 2. The summed E-state index contributed by atoms with van der Waals surface area (Å²) in [5, 5.41) is 8.56.